The van der Waals surface area contributed by atoms with Gasteiger partial charge in [0.05, 0.1) is 30.3 Å². The molecule has 0 bridgehead atoms. The lowest BCUT2D eigenvalue weighted by Crippen LogP contribution is -2.45. The summed E-state index contributed by atoms with van der Waals surface area (Å²) in [5.74, 6) is -0.204. The maximum atomic E-state index is 13.3. The number of aromatic nitrogens is 2. The number of imidazole rings is 1. The van der Waals surface area contributed by atoms with E-state index in [4.69, 9.17) is 16.3 Å². The van der Waals surface area contributed by atoms with Crippen LogP contribution in [-0.4, -0.2) is 54.2 Å². The van der Waals surface area contributed by atoms with Crippen LogP contribution in [0.3, 0.4) is 0 Å². The molecule has 182 valence electrons. The Morgan fingerprint density at radius 2 is 2.09 bits per heavy atom. The topological polar surface area (TPSA) is 93.5 Å². The Labute approximate surface area is 201 Å². The molecule has 1 aliphatic heterocycles. The number of sulfone groups is 1. The summed E-state index contributed by atoms with van der Waals surface area (Å²) < 4.78 is 34.0. The van der Waals surface area contributed by atoms with Gasteiger partial charge in [0, 0.05) is 30.3 Å². The number of hydrogen-bond acceptors (Lipinski definition) is 5. The molecule has 8 nitrogen and oxygen atoms in total. The molecule has 1 saturated heterocycles. The molecule has 1 aromatic carbocycles. The van der Waals surface area contributed by atoms with Crippen LogP contribution in [0.5, 0.6) is 0 Å². The summed E-state index contributed by atoms with van der Waals surface area (Å²) >= 11 is 6.03. The Balaban J connectivity index is 1.89. The quantitative estimate of drug-likeness (QED) is 0.561. The van der Waals surface area contributed by atoms with E-state index in [1.165, 1.54) is 0 Å². The van der Waals surface area contributed by atoms with E-state index in [0.717, 1.165) is 12.8 Å². The first kappa shape index (κ1) is 25.5. The molecule has 0 radical (unpaired) electrons. The van der Waals surface area contributed by atoms with Gasteiger partial charge in [-0.3, -0.25) is 0 Å². The van der Waals surface area contributed by atoms with Crippen LogP contribution in [-0.2, 0) is 26.9 Å². The third kappa shape index (κ3) is 6.71. The molecule has 1 aromatic heterocycles. The van der Waals surface area contributed by atoms with E-state index >= 15 is 0 Å². The zero-order valence-electron chi connectivity index (χ0n) is 19.6. The molecular formula is C23H33ClN4O4S. The second-order valence-electron chi connectivity index (χ2n) is 9.00. The van der Waals surface area contributed by atoms with Crippen molar-refractivity contribution in [3.05, 3.63) is 46.7 Å². The maximum Gasteiger partial charge on any atom is 0.318 e. The van der Waals surface area contributed by atoms with Crippen molar-refractivity contribution in [1.82, 2.24) is 19.8 Å². The third-order valence-corrected chi connectivity index (χ3v) is 7.19. The standard InChI is InChI=1S/C23H33ClN4O4S/c1-16(2)26-22(29)27(14-21-9-6-10-32-21)13-20-12-25-23(28(20)17(3)4)33(30,31)15-18-7-5-8-19(24)11-18/h5,7-8,11-12,16-17,21H,6,9-10,13-15H2,1-4H3,(H,26,29). The maximum absolute atomic E-state index is 13.3. The molecule has 1 atom stereocenters. The summed E-state index contributed by atoms with van der Waals surface area (Å²) in [6, 6.07) is 6.41. The summed E-state index contributed by atoms with van der Waals surface area (Å²) in [6.45, 7) is 8.98. The van der Waals surface area contributed by atoms with Crippen molar-refractivity contribution in [2.24, 2.45) is 0 Å². The van der Waals surface area contributed by atoms with E-state index in [1.54, 1.807) is 39.9 Å². The molecule has 1 unspecified atom stereocenters. The van der Waals surface area contributed by atoms with Crippen LogP contribution in [0.25, 0.3) is 0 Å². The van der Waals surface area contributed by atoms with Crippen molar-refractivity contribution < 1.29 is 17.9 Å². The van der Waals surface area contributed by atoms with Crippen molar-refractivity contribution in [1.29, 1.82) is 0 Å². The third-order valence-electron chi connectivity index (χ3n) is 5.38. The molecule has 0 aliphatic carbocycles. The SMILES string of the molecule is CC(C)NC(=O)N(Cc1cnc(S(=O)(=O)Cc2cccc(Cl)c2)n1C(C)C)CC1CCCO1. The summed E-state index contributed by atoms with van der Waals surface area (Å²) in [5, 5.41) is 3.41. The first-order valence-corrected chi connectivity index (χ1v) is 13.3. The normalized spacial score (nSPS) is 16.5. The van der Waals surface area contributed by atoms with Crippen molar-refractivity contribution in [3.8, 4) is 0 Å². The average Bonchev–Trinajstić information content (AvgIpc) is 3.36. The van der Waals surface area contributed by atoms with Gasteiger partial charge >= 0.3 is 6.03 Å². The van der Waals surface area contributed by atoms with E-state index in [2.05, 4.69) is 10.3 Å². The number of halogens is 1. The summed E-state index contributed by atoms with van der Waals surface area (Å²) in [7, 11) is -3.73. The van der Waals surface area contributed by atoms with Crippen LogP contribution < -0.4 is 5.32 Å². The molecule has 1 N–H and O–H groups in total. The van der Waals surface area contributed by atoms with Crippen LogP contribution >= 0.6 is 11.6 Å². The number of urea groups is 1. The first-order valence-electron chi connectivity index (χ1n) is 11.3. The van der Waals surface area contributed by atoms with E-state index in [-0.39, 0.29) is 41.7 Å². The summed E-state index contributed by atoms with van der Waals surface area (Å²) in [4.78, 5) is 18.9. The predicted molar refractivity (Wildman–Crippen MR) is 128 cm³/mol. The van der Waals surface area contributed by atoms with Gasteiger partial charge in [0.15, 0.2) is 0 Å². The average molecular weight is 497 g/mol. The summed E-state index contributed by atoms with van der Waals surface area (Å²) in [6.07, 6.45) is 3.40. The van der Waals surface area contributed by atoms with Crippen LogP contribution in [0, 0.1) is 0 Å². The van der Waals surface area contributed by atoms with Crippen molar-refractivity contribution in [2.45, 2.75) is 76.2 Å². The first-order chi connectivity index (χ1) is 15.6. The fourth-order valence-electron chi connectivity index (χ4n) is 3.97. The van der Waals surface area contributed by atoms with Crippen LogP contribution in [0.4, 0.5) is 4.79 Å². The summed E-state index contributed by atoms with van der Waals surface area (Å²) in [5.41, 5.74) is 1.25. The monoisotopic (exact) mass is 496 g/mol. The highest BCUT2D eigenvalue weighted by Crippen LogP contribution is 2.24. The number of rotatable bonds is 9. The van der Waals surface area contributed by atoms with E-state index in [1.807, 2.05) is 27.7 Å². The lowest BCUT2D eigenvalue weighted by Gasteiger charge is -2.27. The number of carbonyl (C=O) groups is 1. The zero-order chi connectivity index (χ0) is 24.2. The molecule has 10 heteroatoms. The molecule has 1 aliphatic rings. The Morgan fingerprint density at radius 3 is 2.70 bits per heavy atom. The number of nitrogens with zero attached hydrogens (tertiary/aromatic N) is 3. The number of hydrogen-bond donors (Lipinski definition) is 1. The highest BCUT2D eigenvalue weighted by Gasteiger charge is 2.28. The Bertz CT molecular complexity index is 1060. The van der Waals surface area contributed by atoms with Gasteiger partial charge in [-0.25, -0.2) is 18.2 Å². The number of nitrogens with one attached hydrogen (secondary N) is 1. The molecule has 0 saturated carbocycles. The molecule has 0 spiro atoms. The van der Waals surface area contributed by atoms with Crippen LogP contribution in [0.15, 0.2) is 35.6 Å². The second kappa shape index (κ2) is 10.9. The van der Waals surface area contributed by atoms with Gasteiger partial charge in [-0.05, 0) is 58.2 Å². The van der Waals surface area contributed by atoms with Gasteiger partial charge in [0.25, 0.3) is 0 Å². The van der Waals surface area contributed by atoms with Gasteiger partial charge in [-0.2, -0.15) is 0 Å². The largest absolute Gasteiger partial charge is 0.376 e. The van der Waals surface area contributed by atoms with Gasteiger partial charge in [-0.1, -0.05) is 23.7 Å². The second-order valence-corrected chi connectivity index (χ2v) is 11.3. The van der Waals surface area contributed by atoms with E-state index < -0.39 is 9.84 Å². The Morgan fingerprint density at radius 1 is 1.33 bits per heavy atom. The molecule has 2 heterocycles. The smallest absolute Gasteiger partial charge is 0.318 e. The minimum atomic E-state index is -3.73. The number of carbonyl (C=O) groups excluding carboxylic acids is 1. The minimum absolute atomic E-state index is 0.00573. The number of amides is 2. The number of benzene rings is 1. The van der Waals surface area contributed by atoms with E-state index in [9.17, 15) is 13.2 Å². The lowest BCUT2D eigenvalue weighted by molar-refractivity contribution is 0.0783. The van der Waals surface area contributed by atoms with E-state index in [0.29, 0.717) is 29.4 Å². The van der Waals surface area contributed by atoms with Gasteiger partial charge in [-0.15, -0.1) is 0 Å². The van der Waals surface area contributed by atoms with Crippen LogP contribution in [0.2, 0.25) is 5.02 Å². The van der Waals surface area contributed by atoms with Gasteiger partial charge < -0.3 is 19.5 Å². The number of ether oxygens (including phenoxy) is 1. The fraction of sp³-hybridized carbons (Fsp3) is 0.565. The predicted octanol–water partition coefficient (Wildman–Crippen LogP) is 4.19. The van der Waals surface area contributed by atoms with Crippen molar-refractivity contribution >= 4 is 27.5 Å². The van der Waals surface area contributed by atoms with Gasteiger partial charge in [0.2, 0.25) is 15.0 Å². The molecule has 2 aromatic rings. The Hall–Kier alpha value is -2.10. The molecule has 3 rings (SSSR count). The van der Waals surface area contributed by atoms with Crippen molar-refractivity contribution in [2.75, 3.05) is 13.2 Å². The zero-order valence-corrected chi connectivity index (χ0v) is 21.2. The van der Waals surface area contributed by atoms with Crippen LogP contribution in [0.1, 0.15) is 57.8 Å². The minimum Gasteiger partial charge on any atom is -0.376 e. The highest BCUT2D eigenvalue weighted by molar-refractivity contribution is 7.90. The fourth-order valence-corrected chi connectivity index (χ4v) is 5.78. The molecule has 33 heavy (non-hydrogen) atoms. The molecule has 2 amide bonds. The Kier molecular flexibility index (Phi) is 8.42. The lowest BCUT2D eigenvalue weighted by atomic mass is 10.2. The molecule has 1 fully saturated rings. The van der Waals surface area contributed by atoms with Crippen molar-refractivity contribution in [3.63, 3.8) is 0 Å². The molecular weight excluding hydrogens is 464 g/mol. The highest BCUT2D eigenvalue weighted by atomic mass is 35.5. The van der Waals surface area contributed by atoms with Gasteiger partial charge in [0.1, 0.15) is 0 Å².